The number of halogens is 1. The van der Waals surface area contributed by atoms with Gasteiger partial charge in [0, 0.05) is 0 Å². The van der Waals surface area contributed by atoms with E-state index in [4.69, 9.17) is 16.3 Å². The molecule has 1 aliphatic heterocycles. The zero-order valence-corrected chi connectivity index (χ0v) is 11.0. The van der Waals surface area contributed by atoms with Gasteiger partial charge in [0.25, 0.3) is 0 Å². The molecular formula is C14H11ClO4. The molecule has 0 aromatic heterocycles. The van der Waals surface area contributed by atoms with Crippen molar-refractivity contribution in [3.63, 3.8) is 0 Å². The first kappa shape index (κ1) is 12.2. The van der Waals surface area contributed by atoms with Gasteiger partial charge in [0.15, 0.2) is 5.03 Å². The summed E-state index contributed by atoms with van der Waals surface area (Å²) >= 11 is 5.81. The Labute approximate surface area is 115 Å². The van der Waals surface area contributed by atoms with Gasteiger partial charge in [0.1, 0.15) is 5.75 Å². The number of esters is 1. The van der Waals surface area contributed by atoms with Crippen LogP contribution in [-0.4, -0.2) is 18.9 Å². The molecule has 0 spiro atoms. The molecule has 1 aromatic rings. The molecule has 1 aliphatic carbocycles. The van der Waals surface area contributed by atoms with E-state index in [9.17, 15) is 9.59 Å². The van der Waals surface area contributed by atoms with Crippen molar-refractivity contribution >= 4 is 23.4 Å². The molecule has 0 unspecified atom stereocenters. The van der Waals surface area contributed by atoms with Crippen molar-refractivity contribution in [2.75, 3.05) is 7.11 Å². The molecule has 98 valence electrons. The van der Waals surface area contributed by atoms with Crippen LogP contribution in [-0.2, 0) is 22.4 Å². The highest BCUT2D eigenvalue weighted by molar-refractivity contribution is 6.44. The molecule has 0 N–H and O–H groups in total. The minimum absolute atomic E-state index is 0.146. The summed E-state index contributed by atoms with van der Waals surface area (Å²) in [5.74, 6) is -0.805. The minimum atomic E-state index is -0.773. The predicted octanol–water partition coefficient (Wildman–Crippen LogP) is 2.37. The molecule has 1 heterocycles. The number of aryl methyl sites for hydroxylation is 2. The second kappa shape index (κ2) is 4.38. The van der Waals surface area contributed by atoms with Crippen molar-refractivity contribution in [2.45, 2.75) is 19.3 Å². The quantitative estimate of drug-likeness (QED) is 0.585. The Morgan fingerprint density at radius 1 is 1.32 bits per heavy atom. The van der Waals surface area contributed by atoms with Gasteiger partial charge < -0.3 is 9.47 Å². The van der Waals surface area contributed by atoms with Crippen molar-refractivity contribution in [3.05, 3.63) is 39.6 Å². The largest absolute Gasteiger partial charge is 0.465 e. The van der Waals surface area contributed by atoms with E-state index in [1.54, 1.807) is 0 Å². The first-order valence-electron chi connectivity index (χ1n) is 5.98. The lowest BCUT2D eigenvalue weighted by atomic mass is 10.0. The minimum Gasteiger partial charge on any atom is -0.465 e. The SMILES string of the molecule is COC(=O)C(Cl)=C1Oc2cc3c(cc2C1=O)CCC3. The molecule has 19 heavy (non-hydrogen) atoms. The van der Waals surface area contributed by atoms with Crippen molar-refractivity contribution in [1.82, 2.24) is 0 Å². The fraction of sp³-hybridized carbons (Fsp3) is 0.286. The number of rotatable bonds is 1. The van der Waals surface area contributed by atoms with E-state index in [1.165, 1.54) is 18.2 Å². The van der Waals surface area contributed by atoms with Crippen molar-refractivity contribution in [2.24, 2.45) is 0 Å². The Kier molecular flexibility index (Phi) is 2.82. The number of ether oxygens (including phenoxy) is 2. The number of ketones is 1. The summed E-state index contributed by atoms with van der Waals surface area (Å²) in [6.07, 6.45) is 3.06. The third kappa shape index (κ3) is 1.83. The Morgan fingerprint density at radius 3 is 2.68 bits per heavy atom. The van der Waals surface area contributed by atoms with Crippen LogP contribution < -0.4 is 4.74 Å². The van der Waals surface area contributed by atoms with Crippen LogP contribution in [0, 0.1) is 0 Å². The number of methoxy groups -OCH3 is 1. The van der Waals surface area contributed by atoms with E-state index in [-0.39, 0.29) is 16.6 Å². The van der Waals surface area contributed by atoms with Crippen molar-refractivity contribution < 1.29 is 19.1 Å². The summed E-state index contributed by atoms with van der Waals surface area (Å²) in [5, 5.41) is -0.316. The van der Waals surface area contributed by atoms with E-state index in [0.717, 1.165) is 19.3 Å². The monoisotopic (exact) mass is 278 g/mol. The molecule has 0 bridgehead atoms. The average Bonchev–Trinajstić information content (AvgIpc) is 2.99. The lowest BCUT2D eigenvalue weighted by Crippen LogP contribution is -2.09. The normalized spacial score (nSPS) is 18.7. The molecule has 0 atom stereocenters. The Balaban J connectivity index is 2.06. The number of fused-ring (bicyclic) bond motifs is 2. The summed E-state index contributed by atoms with van der Waals surface area (Å²) in [7, 11) is 1.20. The first-order chi connectivity index (χ1) is 9.11. The van der Waals surface area contributed by atoms with E-state index in [2.05, 4.69) is 4.74 Å². The van der Waals surface area contributed by atoms with Crippen molar-refractivity contribution in [1.29, 1.82) is 0 Å². The topological polar surface area (TPSA) is 52.6 Å². The van der Waals surface area contributed by atoms with E-state index >= 15 is 0 Å². The molecule has 5 heteroatoms. The van der Waals surface area contributed by atoms with Gasteiger partial charge in [-0.25, -0.2) is 4.79 Å². The van der Waals surface area contributed by atoms with Gasteiger partial charge in [-0.3, -0.25) is 4.79 Å². The Bertz CT molecular complexity index is 631. The van der Waals surface area contributed by atoms with Gasteiger partial charge in [-0.2, -0.15) is 0 Å². The summed E-state index contributed by atoms with van der Waals surface area (Å²) in [5.41, 5.74) is 2.84. The first-order valence-corrected chi connectivity index (χ1v) is 6.36. The number of allylic oxidation sites excluding steroid dienone is 1. The third-order valence-electron chi connectivity index (χ3n) is 3.42. The molecule has 4 nitrogen and oxygen atoms in total. The number of carbonyl (C=O) groups is 2. The van der Waals surface area contributed by atoms with Gasteiger partial charge in [0.2, 0.25) is 11.5 Å². The van der Waals surface area contributed by atoms with Gasteiger partial charge in [0.05, 0.1) is 12.7 Å². The summed E-state index contributed by atoms with van der Waals surface area (Å²) in [6.45, 7) is 0. The van der Waals surface area contributed by atoms with Crippen LogP contribution in [0.1, 0.15) is 27.9 Å². The second-order valence-corrected chi connectivity index (χ2v) is 4.91. The van der Waals surface area contributed by atoms with Crippen LogP contribution >= 0.6 is 11.6 Å². The molecule has 1 aromatic carbocycles. The number of Topliss-reactive ketones (excluding diaryl/α,β-unsaturated/α-hetero) is 1. The number of hydrogen-bond donors (Lipinski definition) is 0. The average molecular weight is 279 g/mol. The second-order valence-electron chi connectivity index (χ2n) is 4.54. The predicted molar refractivity (Wildman–Crippen MR) is 68.3 cm³/mol. The molecule has 2 aliphatic rings. The van der Waals surface area contributed by atoms with Crippen LogP contribution in [0.25, 0.3) is 0 Å². The van der Waals surface area contributed by atoms with Gasteiger partial charge in [-0.15, -0.1) is 0 Å². The highest BCUT2D eigenvalue weighted by atomic mass is 35.5. The molecular weight excluding hydrogens is 268 g/mol. The van der Waals surface area contributed by atoms with Crippen LogP contribution in [0.2, 0.25) is 0 Å². The van der Waals surface area contributed by atoms with E-state index in [0.29, 0.717) is 11.3 Å². The molecule has 3 rings (SSSR count). The standard InChI is InChI=1S/C14H11ClO4/c1-18-14(17)11(15)13-12(16)9-5-7-3-2-4-8(7)6-10(9)19-13/h5-6H,2-4H2,1H3. The number of carbonyl (C=O) groups excluding carboxylic acids is 2. The lowest BCUT2D eigenvalue weighted by Gasteiger charge is -2.02. The maximum atomic E-state index is 12.2. The van der Waals surface area contributed by atoms with Gasteiger partial charge in [-0.1, -0.05) is 11.6 Å². The molecule has 0 saturated carbocycles. The molecule has 0 fully saturated rings. The zero-order valence-electron chi connectivity index (χ0n) is 10.3. The molecule has 0 amide bonds. The van der Waals surface area contributed by atoms with Gasteiger partial charge >= 0.3 is 5.97 Å². The fourth-order valence-electron chi connectivity index (χ4n) is 2.47. The van der Waals surface area contributed by atoms with Crippen LogP contribution in [0.4, 0.5) is 0 Å². The van der Waals surface area contributed by atoms with Gasteiger partial charge in [-0.05, 0) is 42.5 Å². The Hall–Kier alpha value is -1.81. The van der Waals surface area contributed by atoms with Crippen LogP contribution in [0.15, 0.2) is 22.9 Å². The van der Waals surface area contributed by atoms with Crippen molar-refractivity contribution in [3.8, 4) is 5.75 Å². The summed E-state index contributed by atoms with van der Waals surface area (Å²) in [6, 6.07) is 3.71. The van der Waals surface area contributed by atoms with Crippen LogP contribution in [0.3, 0.4) is 0 Å². The maximum absolute atomic E-state index is 12.2. The summed E-state index contributed by atoms with van der Waals surface area (Å²) in [4.78, 5) is 23.5. The lowest BCUT2D eigenvalue weighted by molar-refractivity contribution is -0.135. The smallest absolute Gasteiger partial charge is 0.353 e. The fourth-order valence-corrected chi connectivity index (χ4v) is 2.67. The molecule has 0 radical (unpaired) electrons. The van der Waals surface area contributed by atoms with E-state index < -0.39 is 5.97 Å². The number of benzene rings is 1. The van der Waals surface area contributed by atoms with E-state index in [1.807, 2.05) is 12.1 Å². The summed E-state index contributed by atoms with van der Waals surface area (Å²) < 4.78 is 9.92. The number of hydrogen-bond acceptors (Lipinski definition) is 4. The highest BCUT2D eigenvalue weighted by Gasteiger charge is 2.34. The highest BCUT2D eigenvalue weighted by Crippen LogP contribution is 2.37. The Morgan fingerprint density at radius 2 is 2.00 bits per heavy atom. The zero-order chi connectivity index (χ0) is 13.6. The third-order valence-corrected chi connectivity index (χ3v) is 3.75. The molecule has 0 saturated heterocycles. The van der Waals surface area contributed by atoms with Crippen LogP contribution in [0.5, 0.6) is 5.75 Å². The maximum Gasteiger partial charge on any atom is 0.353 e.